The maximum atomic E-state index is 4.71. The van der Waals surface area contributed by atoms with E-state index in [0.717, 1.165) is 0 Å². The van der Waals surface area contributed by atoms with E-state index in [-0.39, 0.29) is 0 Å². The number of rotatable bonds is 2. The second kappa shape index (κ2) is 4.62. The predicted octanol–water partition coefficient (Wildman–Crippen LogP) is 2.12. The Morgan fingerprint density at radius 3 is 2.17 bits per heavy atom. The third kappa shape index (κ3) is 5.47. The molecule has 0 aliphatic rings. The summed E-state index contributed by atoms with van der Waals surface area (Å²) in [7, 11) is 3.83. The third-order valence-corrected chi connectivity index (χ3v) is 4.73. The molecule has 0 heterocycles. The van der Waals surface area contributed by atoms with Gasteiger partial charge in [-0.3, -0.25) is 0 Å². The van der Waals surface area contributed by atoms with Crippen LogP contribution in [-0.2, 0) is 3.97 Å². The Hall–Kier alpha value is 1.47. The topological polar surface area (TPSA) is 9.23 Å². The van der Waals surface area contributed by atoms with Crippen LogP contribution in [0.3, 0.4) is 0 Å². The Morgan fingerprint density at radius 1 is 1.67 bits per heavy atom. The van der Waals surface area contributed by atoms with Gasteiger partial charge in [-0.1, -0.05) is 0 Å². The summed E-state index contributed by atoms with van der Waals surface area (Å²) in [5, 5.41) is 0. The molecule has 0 bridgehead atoms. The fraction of sp³-hybridized carbons (Fsp3) is 1.00. The van der Waals surface area contributed by atoms with Gasteiger partial charge in [0, 0.05) is 0 Å². The Labute approximate surface area is 50.9 Å². The number of hydrogen-bond acceptors (Lipinski definition) is 2. The molecule has 0 aromatic rings. The van der Waals surface area contributed by atoms with Gasteiger partial charge in [0.05, 0.1) is 0 Å². The average Bonchev–Trinajstić information content (AvgIpc) is 1.35. The zero-order valence-electron chi connectivity index (χ0n) is 3.77. The standard InChI is InChI=1S/C2H8IOPS/c1-3(2)6-4-5/h5H2,1-2H3. The molecule has 1 nitrogen and oxygen atoms in total. The van der Waals surface area contributed by atoms with E-state index in [1.807, 2.05) is 0 Å². The van der Waals surface area contributed by atoms with Crippen LogP contribution >= 0.6 is 37.1 Å². The molecule has 1 unspecified atom stereocenters. The molecule has 6 heavy (non-hydrogen) atoms. The van der Waals surface area contributed by atoms with E-state index in [2.05, 4.69) is 19.3 Å². The zero-order chi connectivity index (χ0) is 4.99. The van der Waals surface area contributed by atoms with Gasteiger partial charge in [0.1, 0.15) is 0 Å². The van der Waals surface area contributed by atoms with Crippen LogP contribution < -0.4 is 0 Å². The molecule has 0 aliphatic heterocycles. The Morgan fingerprint density at radius 2 is 2.17 bits per heavy atom. The average molecular weight is 238 g/mol. The quantitative estimate of drug-likeness (QED) is 0.315. The van der Waals surface area contributed by atoms with Crippen LogP contribution in [0.15, 0.2) is 0 Å². The van der Waals surface area contributed by atoms with E-state index in [1.54, 1.807) is 9.21 Å². The van der Waals surface area contributed by atoms with Gasteiger partial charge in [-0.15, -0.1) is 0 Å². The molecular weight excluding hydrogens is 230 g/mol. The molecule has 0 saturated heterocycles. The molecule has 0 saturated carbocycles. The van der Waals surface area contributed by atoms with Gasteiger partial charge in [-0.25, -0.2) is 0 Å². The molecule has 40 valence electrons. The Bertz CT molecular complexity index is 34.7. The van der Waals surface area contributed by atoms with E-state index < -0.39 is 18.4 Å². The van der Waals surface area contributed by atoms with Crippen molar-refractivity contribution in [2.75, 3.05) is 9.86 Å². The molecule has 0 aromatic heterocycles. The molecule has 0 spiro atoms. The molecular formula is C2H8IOPS. The molecule has 1 atom stereocenters. The Kier molecular flexibility index (Phi) is 5.76. The van der Waals surface area contributed by atoms with Crippen molar-refractivity contribution >= 4 is 37.1 Å². The van der Waals surface area contributed by atoms with Crippen LogP contribution in [0.25, 0.3) is 0 Å². The fourth-order valence-electron chi connectivity index (χ4n) is 0.0727. The first kappa shape index (κ1) is 7.47. The molecule has 0 aromatic carbocycles. The normalized spacial score (nSPS) is 11.5. The van der Waals surface area contributed by atoms with Gasteiger partial charge < -0.3 is 0 Å². The summed E-state index contributed by atoms with van der Waals surface area (Å²) in [5.74, 6) is 0. The first-order valence-electron chi connectivity index (χ1n) is 1.31. The molecule has 0 rings (SSSR count). The summed E-state index contributed by atoms with van der Waals surface area (Å²) in [6, 6.07) is 0. The van der Waals surface area contributed by atoms with Gasteiger partial charge in [-0.05, 0) is 0 Å². The number of halogens is 1. The summed E-state index contributed by atoms with van der Waals surface area (Å²) < 4.78 is 4.71. The summed E-state index contributed by atoms with van der Waals surface area (Å²) >= 11 is -0.634. The predicted molar refractivity (Wildman–Crippen MR) is 44.3 cm³/mol. The molecule has 0 radical (unpaired) electrons. The van der Waals surface area contributed by atoms with Crippen LogP contribution in [0.2, 0.25) is 0 Å². The van der Waals surface area contributed by atoms with Crippen molar-refractivity contribution in [3.05, 3.63) is 0 Å². The summed E-state index contributed by atoms with van der Waals surface area (Å²) in [4.78, 5) is 4.47. The van der Waals surface area contributed by atoms with Gasteiger partial charge in [0.25, 0.3) is 0 Å². The summed E-state index contributed by atoms with van der Waals surface area (Å²) in [6.45, 7) is 0. The molecule has 0 aliphatic carbocycles. The second-order valence-corrected chi connectivity index (χ2v) is 10.9. The zero-order valence-corrected chi connectivity index (χ0v) is 7.90. The summed E-state index contributed by atoms with van der Waals surface area (Å²) in [5.41, 5.74) is 0. The molecule has 0 N–H and O–H groups in total. The van der Waals surface area contributed by atoms with Crippen LogP contribution in [0, 0.1) is 0 Å². The third-order valence-electron chi connectivity index (χ3n) is 0.162. The van der Waals surface area contributed by atoms with Crippen molar-refractivity contribution in [2.45, 2.75) is 0 Å². The monoisotopic (exact) mass is 238 g/mol. The van der Waals surface area contributed by atoms with Gasteiger partial charge in [-0.2, -0.15) is 0 Å². The van der Waals surface area contributed by atoms with E-state index in [1.165, 1.54) is 0 Å². The van der Waals surface area contributed by atoms with Crippen molar-refractivity contribution in [1.29, 1.82) is 0 Å². The first-order chi connectivity index (χ1) is 2.77. The van der Waals surface area contributed by atoms with Crippen LogP contribution in [0.1, 0.15) is 0 Å². The van der Waals surface area contributed by atoms with E-state index in [4.69, 9.17) is 3.97 Å². The van der Waals surface area contributed by atoms with Gasteiger partial charge in [0.2, 0.25) is 0 Å². The van der Waals surface area contributed by atoms with Gasteiger partial charge in [0.15, 0.2) is 0 Å². The van der Waals surface area contributed by atoms with E-state index in [9.17, 15) is 0 Å². The van der Waals surface area contributed by atoms with Crippen molar-refractivity contribution in [2.24, 2.45) is 0 Å². The summed E-state index contributed by atoms with van der Waals surface area (Å²) in [6.07, 6.45) is 0. The number of alkyl halides is 2. The van der Waals surface area contributed by atoms with E-state index in [0.29, 0.717) is 0 Å². The first-order valence-corrected chi connectivity index (χ1v) is 9.38. The van der Waals surface area contributed by atoms with Crippen molar-refractivity contribution < 1.29 is 3.97 Å². The van der Waals surface area contributed by atoms with Crippen molar-refractivity contribution in [1.82, 2.24) is 0 Å². The molecule has 0 amide bonds. The Balaban J connectivity index is 2.63. The van der Waals surface area contributed by atoms with Gasteiger partial charge >= 0.3 is 50.9 Å². The SMILES string of the molecule is CI(C)SOP. The van der Waals surface area contributed by atoms with Crippen molar-refractivity contribution in [3.8, 4) is 0 Å². The molecule has 0 fully saturated rings. The minimum atomic E-state index is -0.634. The maximum absolute atomic E-state index is 4.71. The van der Waals surface area contributed by atoms with E-state index >= 15 is 0 Å². The van der Waals surface area contributed by atoms with Crippen LogP contribution in [0.5, 0.6) is 0 Å². The fourth-order valence-corrected chi connectivity index (χ4v) is 4.39. The second-order valence-electron chi connectivity index (χ2n) is 0.846. The number of hydrogen-bond donors (Lipinski definition) is 0. The molecule has 4 heteroatoms. The van der Waals surface area contributed by atoms with Crippen LogP contribution in [-0.4, -0.2) is 9.86 Å². The minimum absolute atomic E-state index is 0.634. The van der Waals surface area contributed by atoms with Crippen LogP contribution in [0.4, 0.5) is 0 Å². The van der Waals surface area contributed by atoms with Crippen molar-refractivity contribution in [3.63, 3.8) is 0 Å².